The Hall–Kier alpha value is -2.97. The summed E-state index contributed by atoms with van der Waals surface area (Å²) in [6.45, 7) is 1.89. The highest BCUT2D eigenvalue weighted by Crippen LogP contribution is 2.33. The summed E-state index contributed by atoms with van der Waals surface area (Å²) in [5, 5.41) is 16.4. The van der Waals surface area contributed by atoms with Crippen molar-refractivity contribution < 1.29 is 9.53 Å². The maximum Gasteiger partial charge on any atom is 0.255 e. The first-order valence-electron chi connectivity index (χ1n) is 7.98. The molecule has 0 fully saturated rings. The molecule has 0 spiro atoms. The van der Waals surface area contributed by atoms with Gasteiger partial charge in [0.2, 0.25) is 4.96 Å². The van der Waals surface area contributed by atoms with Crippen LogP contribution in [0.15, 0.2) is 42.7 Å². The predicted octanol–water partition coefficient (Wildman–Crippen LogP) is 4.08. The number of hydrogen-bond donors (Lipinski definition) is 1. The molecule has 9 heteroatoms. The van der Waals surface area contributed by atoms with Gasteiger partial charge in [0.05, 0.1) is 12.8 Å². The number of methoxy groups -OCH3 is 1. The number of ether oxygens (including phenoxy) is 1. The van der Waals surface area contributed by atoms with E-state index in [-0.39, 0.29) is 5.91 Å². The van der Waals surface area contributed by atoms with E-state index in [1.807, 2.05) is 25.1 Å². The van der Waals surface area contributed by atoms with Crippen LogP contribution in [0.2, 0.25) is 5.02 Å². The van der Waals surface area contributed by atoms with Crippen molar-refractivity contribution in [1.82, 2.24) is 19.8 Å². The molecule has 4 aromatic rings. The van der Waals surface area contributed by atoms with Crippen molar-refractivity contribution in [2.45, 2.75) is 6.92 Å². The summed E-state index contributed by atoms with van der Waals surface area (Å²) in [7, 11) is 1.55. The number of aryl methyl sites for hydroxylation is 1. The third kappa shape index (κ3) is 3.36. The molecule has 7 nitrogen and oxygen atoms in total. The minimum absolute atomic E-state index is 0.273. The van der Waals surface area contributed by atoms with Gasteiger partial charge in [-0.3, -0.25) is 4.79 Å². The normalized spacial score (nSPS) is 10.9. The Morgan fingerprint density at radius 1 is 1.26 bits per heavy atom. The van der Waals surface area contributed by atoms with E-state index in [9.17, 15) is 4.79 Å². The zero-order valence-corrected chi connectivity index (χ0v) is 16.0. The van der Waals surface area contributed by atoms with Gasteiger partial charge in [-0.25, -0.2) is 0 Å². The van der Waals surface area contributed by atoms with Gasteiger partial charge in [-0.05, 0) is 42.8 Å². The number of anilines is 1. The molecule has 136 valence electrons. The lowest BCUT2D eigenvalue weighted by molar-refractivity contribution is 0.102. The summed E-state index contributed by atoms with van der Waals surface area (Å²) < 4.78 is 6.98. The number of halogens is 1. The topological polar surface area (TPSA) is 81.4 Å². The van der Waals surface area contributed by atoms with Crippen LogP contribution in [0, 0.1) is 6.92 Å². The SMILES string of the molecule is COc1ccc(-c2nn3cnnc3s2)cc1NC(=O)c1ccc(C)c(Cl)c1. The molecule has 1 amide bonds. The second-order valence-corrected chi connectivity index (χ2v) is 7.16. The van der Waals surface area contributed by atoms with Gasteiger partial charge in [0.25, 0.3) is 5.91 Å². The number of aromatic nitrogens is 4. The number of nitrogens with zero attached hydrogens (tertiary/aromatic N) is 4. The van der Waals surface area contributed by atoms with Crippen LogP contribution < -0.4 is 10.1 Å². The Balaban J connectivity index is 1.67. The molecule has 0 saturated heterocycles. The van der Waals surface area contributed by atoms with Crippen molar-refractivity contribution in [3.05, 3.63) is 58.9 Å². The molecule has 4 rings (SSSR count). The van der Waals surface area contributed by atoms with Crippen molar-refractivity contribution in [1.29, 1.82) is 0 Å². The fraction of sp³-hybridized carbons (Fsp3) is 0.111. The van der Waals surface area contributed by atoms with Gasteiger partial charge in [-0.15, -0.1) is 10.2 Å². The molecule has 0 aliphatic rings. The number of benzene rings is 2. The minimum atomic E-state index is -0.273. The molecule has 1 N–H and O–H groups in total. The summed E-state index contributed by atoms with van der Waals surface area (Å²) in [5.74, 6) is 0.277. The first-order valence-corrected chi connectivity index (χ1v) is 9.17. The summed E-state index contributed by atoms with van der Waals surface area (Å²) in [4.78, 5) is 13.3. The molecule has 27 heavy (non-hydrogen) atoms. The number of amides is 1. The monoisotopic (exact) mass is 399 g/mol. The highest BCUT2D eigenvalue weighted by molar-refractivity contribution is 7.19. The Labute approximate surface area is 163 Å². The van der Waals surface area contributed by atoms with Gasteiger partial charge in [0, 0.05) is 16.1 Å². The number of carbonyl (C=O) groups excluding carboxylic acids is 1. The molecule has 0 saturated carbocycles. The fourth-order valence-corrected chi connectivity index (χ4v) is 3.54. The zero-order chi connectivity index (χ0) is 19.0. The summed E-state index contributed by atoms with van der Waals surface area (Å²) in [5.41, 5.74) is 2.76. The molecule has 0 aliphatic heterocycles. The molecular formula is C18H14ClN5O2S. The highest BCUT2D eigenvalue weighted by atomic mass is 35.5. The molecule has 0 atom stereocenters. The second-order valence-electron chi connectivity index (χ2n) is 5.80. The minimum Gasteiger partial charge on any atom is -0.495 e. The Kier molecular flexibility index (Phi) is 4.51. The molecule has 2 aromatic carbocycles. The van der Waals surface area contributed by atoms with Crippen LogP contribution in [-0.2, 0) is 0 Å². The number of fused-ring (bicyclic) bond motifs is 1. The maximum absolute atomic E-state index is 12.6. The molecule has 0 radical (unpaired) electrons. The van der Waals surface area contributed by atoms with Crippen LogP contribution in [-0.4, -0.2) is 32.8 Å². The average molecular weight is 400 g/mol. The third-order valence-electron chi connectivity index (χ3n) is 4.02. The lowest BCUT2D eigenvalue weighted by Crippen LogP contribution is -2.12. The molecule has 2 heterocycles. The number of rotatable bonds is 4. The van der Waals surface area contributed by atoms with Crippen LogP contribution in [0.4, 0.5) is 5.69 Å². The molecular weight excluding hydrogens is 386 g/mol. The number of carbonyl (C=O) groups is 1. The molecule has 0 unspecified atom stereocenters. The van der Waals surface area contributed by atoms with Gasteiger partial charge in [-0.2, -0.15) is 9.61 Å². The average Bonchev–Trinajstić information content (AvgIpc) is 3.26. The van der Waals surface area contributed by atoms with E-state index >= 15 is 0 Å². The van der Waals surface area contributed by atoms with E-state index in [4.69, 9.17) is 16.3 Å². The first kappa shape index (κ1) is 17.4. The lowest BCUT2D eigenvalue weighted by Gasteiger charge is -2.12. The van der Waals surface area contributed by atoms with E-state index in [2.05, 4.69) is 20.6 Å². The van der Waals surface area contributed by atoms with Crippen molar-refractivity contribution in [3.63, 3.8) is 0 Å². The van der Waals surface area contributed by atoms with Gasteiger partial charge in [-0.1, -0.05) is 29.0 Å². The van der Waals surface area contributed by atoms with Gasteiger partial charge in [0.15, 0.2) is 0 Å². The van der Waals surface area contributed by atoms with E-state index in [0.717, 1.165) is 16.1 Å². The van der Waals surface area contributed by atoms with Crippen LogP contribution in [0.1, 0.15) is 15.9 Å². The van der Waals surface area contributed by atoms with Crippen LogP contribution in [0.5, 0.6) is 5.75 Å². The predicted molar refractivity (Wildman–Crippen MR) is 105 cm³/mol. The van der Waals surface area contributed by atoms with Gasteiger partial charge in [0.1, 0.15) is 17.1 Å². The van der Waals surface area contributed by atoms with Crippen molar-refractivity contribution in [2.75, 3.05) is 12.4 Å². The van der Waals surface area contributed by atoms with E-state index in [1.54, 1.807) is 36.2 Å². The van der Waals surface area contributed by atoms with E-state index < -0.39 is 0 Å². The quantitative estimate of drug-likeness (QED) is 0.559. The second kappa shape index (κ2) is 6.98. The summed E-state index contributed by atoms with van der Waals surface area (Å²) in [6.07, 6.45) is 1.54. The smallest absolute Gasteiger partial charge is 0.255 e. The molecule has 0 bridgehead atoms. The number of nitrogens with one attached hydrogen (secondary N) is 1. The van der Waals surface area contributed by atoms with E-state index in [1.165, 1.54) is 11.3 Å². The molecule has 0 aliphatic carbocycles. The molecule has 2 aromatic heterocycles. The van der Waals surface area contributed by atoms with E-state index in [0.29, 0.717) is 27.0 Å². The fourth-order valence-electron chi connectivity index (χ4n) is 2.54. The summed E-state index contributed by atoms with van der Waals surface area (Å²) in [6, 6.07) is 10.7. The first-order chi connectivity index (χ1) is 13.0. The van der Waals surface area contributed by atoms with Crippen LogP contribution >= 0.6 is 22.9 Å². The third-order valence-corrected chi connectivity index (χ3v) is 5.38. The Morgan fingerprint density at radius 2 is 2.11 bits per heavy atom. The largest absolute Gasteiger partial charge is 0.495 e. The van der Waals surface area contributed by atoms with Crippen molar-refractivity contribution >= 4 is 39.5 Å². The highest BCUT2D eigenvalue weighted by Gasteiger charge is 2.14. The number of hydrogen-bond acceptors (Lipinski definition) is 6. The van der Waals surface area contributed by atoms with Crippen LogP contribution in [0.25, 0.3) is 15.5 Å². The standard InChI is InChI=1S/C18H14ClN5O2S/c1-10-3-4-11(7-13(10)19)16(25)21-14-8-12(5-6-15(14)26-2)17-23-24-9-20-22-18(24)27-17/h3-9H,1-2H3,(H,21,25). The zero-order valence-electron chi connectivity index (χ0n) is 14.4. The maximum atomic E-state index is 12.6. The van der Waals surface area contributed by atoms with Crippen molar-refractivity contribution in [3.8, 4) is 16.3 Å². The Bertz CT molecular complexity index is 1130. The van der Waals surface area contributed by atoms with Gasteiger partial charge >= 0.3 is 0 Å². The van der Waals surface area contributed by atoms with Crippen LogP contribution in [0.3, 0.4) is 0 Å². The summed E-state index contributed by atoms with van der Waals surface area (Å²) >= 11 is 7.53. The van der Waals surface area contributed by atoms with Crippen molar-refractivity contribution in [2.24, 2.45) is 0 Å². The lowest BCUT2D eigenvalue weighted by atomic mass is 10.1. The van der Waals surface area contributed by atoms with Gasteiger partial charge < -0.3 is 10.1 Å². The Morgan fingerprint density at radius 3 is 2.85 bits per heavy atom.